The number of nitrogens with zero attached hydrogens (tertiary/aromatic N) is 5. The molecule has 3 heterocycles. The lowest BCUT2D eigenvalue weighted by Crippen LogP contribution is -2.62. The maximum Gasteiger partial charge on any atom is 0.229 e. The number of piperidine rings is 1. The SMILES string of the molecule is C=CC/C=C1/CC(C)(C)CC(N(CCC)c2nc(NC3CC(C)(C)N(CC)C(C)(C)C3)c(C)c(N3CCOCC3)n2)CC1(C)C. The highest BCUT2D eigenvalue weighted by Gasteiger charge is 2.45. The molecule has 2 aliphatic heterocycles. The second kappa shape index (κ2) is 13.9. The lowest BCUT2D eigenvalue weighted by molar-refractivity contribution is -0.0270. The van der Waals surface area contributed by atoms with Gasteiger partial charge < -0.3 is 19.9 Å². The summed E-state index contributed by atoms with van der Waals surface area (Å²) in [5.41, 5.74) is 3.20. The van der Waals surface area contributed by atoms with Gasteiger partial charge in [-0.25, -0.2) is 0 Å². The number of aromatic nitrogens is 2. The van der Waals surface area contributed by atoms with E-state index in [1.165, 1.54) is 0 Å². The van der Waals surface area contributed by atoms with E-state index in [2.05, 4.69) is 109 Å². The molecule has 0 radical (unpaired) electrons. The van der Waals surface area contributed by atoms with Gasteiger partial charge in [-0.2, -0.15) is 9.97 Å². The number of ether oxygens (including phenoxy) is 1. The average Bonchev–Trinajstić information content (AvgIpc) is 3.02. The summed E-state index contributed by atoms with van der Waals surface area (Å²) in [5.74, 6) is 2.95. The Labute approximate surface area is 276 Å². The molecule has 3 aliphatic rings. The predicted octanol–water partition coefficient (Wildman–Crippen LogP) is 8.40. The van der Waals surface area contributed by atoms with Crippen molar-refractivity contribution in [3.8, 4) is 0 Å². The number of nitrogens with one attached hydrogen (secondary N) is 1. The first-order valence-corrected chi connectivity index (χ1v) is 17.9. The maximum absolute atomic E-state index is 5.76. The van der Waals surface area contributed by atoms with Gasteiger partial charge in [0.2, 0.25) is 5.95 Å². The molecule has 1 atom stereocenters. The van der Waals surface area contributed by atoms with Crippen molar-refractivity contribution in [3.63, 3.8) is 0 Å². The van der Waals surface area contributed by atoms with Crippen LogP contribution in [0.5, 0.6) is 0 Å². The normalized spacial score (nSPS) is 26.0. The first-order chi connectivity index (χ1) is 21.0. The molecule has 45 heavy (non-hydrogen) atoms. The van der Waals surface area contributed by atoms with Crippen molar-refractivity contribution in [1.82, 2.24) is 14.9 Å². The predicted molar refractivity (Wildman–Crippen MR) is 193 cm³/mol. The van der Waals surface area contributed by atoms with Gasteiger partial charge in [0, 0.05) is 48.4 Å². The molecule has 254 valence electrons. The third-order valence-electron chi connectivity index (χ3n) is 10.8. The summed E-state index contributed by atoms with van der Waals surface area (Å²) in [7, 11) is 0. The fourth-order valence-corrected chi connectivity index (χ4v) is 9.05. The fourth-order valence-electron chi connectivity index (χ4n) is 9.05. The summed E-state index contributed by atoms with van der Waals surface area (Å²) in [6, 6.07) is 0.688. The minimum absolute atomic E-state index is 0.0939. The zero-order chi connectivity index (χ0) is 33.2. The van der Waals surface area contributed by atoms with E-state index in [0.717, 1.165) is 107 Å². The minimum Gasteiger partial charge on any atom is -0.378 e. The van der Waals surface area contributed by atoms with Crippen LogP contribution in [0.4, 0.5) is 17.6 Å². The zero-order valence-electron chi connectivity index (χ0n) is 30.9. The van der Waals surface area contributed by atoms with Crippen molar-refractivity contribution in [1.29, 1.82) is 0 Å². The highest BCUT2D eigenvalue weighted by Crippen LogP contribution is 2.48. The second-order valence-corrected chi connectivity index (χ2v) is 16.8. The smallest absolute Gasteiger partial charge is 0.229 e. The van der Waals surface area contributed by atoms with Gasteiger partial charge in [0.25, 0.3) is 0 Å². The lowest BCUT2D eigenvalue weighted by Gasteiger charge is -2.55. The van der Waals surface area contributed by atoms with Crippen molar-refractivity contribution in [2.75, 3.05) is 54.5 Å². The molecule has 1 aliphatic carbocycles. The van der Waals surface area contributed by atoms with Crippen molar-refractivity contribution in [2.45, 2.75) is 144 Å². The van der Waals surface area contributed by atoms with Crippen molar-refractivity contribution in [3.05, 3.63) is 29.9 Å². The zero-order valence-corrected chi connectivity index (χ0v) is 30.9. The van der Waals surface area contributed by atoms with E-state index in [-0.39, 0.29) is 21.9 Å². The quantitative estimate of drug-likeness (QED) is 0.208. The number of hydrogen-bond donors (Lipinski definition) is 1. The van der Waals surface area contributed by atoms with Gasteiger partial charge in [-0.3, -0.25) is 4.90 Å². The summed E-state index contributed by atoms with van der Waals surface area (Å²) in [5, 5.41) is 4.02. The fraction of sp³-hybridized carbons (Fsp3) is 0.789. The largest absolute Gasteiger partial charge is 0.378 e. The molecule has 3 fully saturated rings. The Bertz CT molecular complexity index is 1180. The van der Waals surface area contributed by atoms with Crippen LogP contribution in [0.15, 0.2) is 24.3 Å². The Morgan fingerprint density at radius 1 is 0.956 bits per heavy atom. The summed E-state index contributed by atoms with van der Waals surface area (Å²) in [4.78, 5) is 18.5. The van der Waals surface area contributed by atoms with E-state index >= 15 is 0 Å². The molecule has 0 amide bonds. The Hall–Kier alpha value is -2.12. The van der Waals surface area contributed by atoms with Gasteiger partial charge in [0.1, 0.15) is 11.6 Å². The van der Waals surface area contributed by atoms with Gasteiger partial charge in [-0.1, -0.05) is 59.3 Å². The Morgan fingerprint density at radius 2 is 1.60 bits per heavy atom. The maximum atomic E-state index is 5.76. The summed E-state index contributed by atoms with van der Waals surface area (Å²) in [6.45, 7) is 35.4. The molecule has 0 bridgehead atoms. The average molecular weight is 623 g/mol. The highest BCUT2D eigenvalue weighted by molar-refractivity contribution is 5.63. The van der Waals surface area contributed by atoms with Crippen LogP contribution < -0.4 is 15.1 Å². The topological polar surface area (TPSA) is 56.8 Å². The van der Waals surface area contributed by atoms with Crippen LogP contribution in [-0.2, 0) is 4.74 Å². The number of rotatable bonds is 10. The van der Waals surface area contributed by atoms with E-state index in [0.29, 0.717) is 12.1 Å². The first-order valence-electron chi connectivity index (χ1n) is 17.9. The number of likely N-dealkylation sites (tertiary alicyclic amines) is 1. The van der Waals surface area contributed by atoms with Gasteiger partial charge in [-0.05, 0) is 96.9 Å². The Morgan fingerprint density at radius 3 is 2.18 bits per heavy atom. The third kappa shape index (κ3) is 8.25. The van der Waals surface area contributed by atoms with E-state index in [9.17, 15) is 0 Å². The van der Waals surface area contributed by atoms with Crippen LogP contribution in [0.25, 0.3) is 0 Å². The number of morpholine rings is 1. The van der Waals surface area contributed by atoms with Crippen LogP contribution in [-0.4, -0.2) is 77.4 Å². The molecule has 7 nitrogen and oxygen atoms in total. The highest BCUT2D eigenvalue weighted by atomic mass is 16.5. The second-order valence-electron chi connectivity index (χ2n) is 16.8. The summed E-state index contributed by atoms with van der Waals surface area (Å²) < 4.78 is 5.76. The number of hydrogen-bond acceptors (Lipinski definition) is 7. The molecule has 0 aromatic carbocycles. The van der Waals surface area contributed by atoms with Crippen LogP contribution in [0, 0.1) is 17.8 Å². The van der Waals surface area contributed by atoms with E-state index < -0.39 is 0 Å². The summed E-state index contributed by atoms with van der Waals surface area (Å²) in [6.07, 6.45) is 11.9. The number of allylic oxidation sites excluding steroid dienone is 3. The van der Waals surface area contributed by atoms with Gasteiger partial charge in [-0.15, -0.1) is 6.58 Å². The van der Waals surface area contributed by atoms with E-state index in [4.69, 9.17) is 14.7 Å². The van der Waals surface area contributed by atoms with Gasteiger partial charge >= 0.3 is 0 Å². The molecule has 1 aromatic heterocycles. The lowest BCUT2D eigenvalue weighted by atomic mass is 9.76. The van der Waals surface area contributed by atoms with Crippen molar-refractivity contribution in [2.24, 2.45) is 10.8 Å². The van der Waals surface area contributed by atoms with Gasteiger partial charge in [0.15, 0.2) is 0 Å². The van der Waals surface area contributed by atoms with Crippen LogP contribution in [0.1, 0.15) is 120 Å². The first kappa shape index (κ1) is 35.7. The van der Waals surface area contributed by atoms with Crippen LogP contribution in [0.2, 0.25) is 0 Å². The van der Waals surface area contributed by atoms with Crippen molar-refractivity contribution < 1.29 is 4.74 Å². The summed E-state index contributed by atoms with van der Waals surface area (Å²) >= 11 is 0. The molecule has 0 spiro atoms. The van der Waals surface area contributed by atoms with E-state index in [1.54, 1.807) is 5.57 Å². The van der Waals surface area contributed by atoms with Crippen LogP contribution in [0.3, 0.4) is 0 Å². The molecule has 1 N–H and O–H groups in total. The Balaban J connectivity index is 1.77. The molecule has 7 heteroatoms. The molecule has 2 saturated heterocycles. The standard InChI is InChI=1S/C38H66N6O/c1-13-16-17-29-23-35(5,6)26-31(27-36(29,7)8)43(18-14-2)34-40-32(28(4)33(41-34)42-19-21-45-22-20-42)39-30-24-37(9,10)44(15-3)38(11,12)25-30/h13,17,30-31H,1,14-16,18-27H2,2-12H3,(H,39,40,41)/b29-17-. The molecular weight excluding hydrogens is 556 g/mol. The molecule has 1 unspecified atom stereocenters. The molecule has 4 rings (SSSR count). The van der Waals surface area contributed by atoms with E-state index in [1.807, 2.05) is 6.08 Å². The number of anilines is 3. The van der Waals surface area contributed by atoms with Gasteiger partial charge in [0.05, 0.1) is 13.2 Å². The monoisotopic (exact) mass is 623 g/mol. The molecule has 1 saturated carbocycles. The van der Waals surface area contributed by atoms with Crippen molar-refractivity contribution >= 4 is 17.6 Å². The molecule has 1 aromatic rings. The van der Waals surface area contributed by atoms with Crippen LogP contribution >= 0.6 is 0 Å². The Kier molecular flexibility index (Phi) is 11.1. The minimum atomic E-state index is 0.0939. The third-order valence-corrected chi connectivity index (χ3v) is 10.8. The molecular formula is C38H66N6O.